The Balaban J connectivity index is 2.27. The first kappa shape index (κ1) is 12.7. The monoisotopic (exact) mass is 266 g/mol. The van der Waals surface area contributed by atoms with Crippen LogP contribution >= 0.6 is 11.6 Å². The molecule has 0 spiro atoms. The second kappa shape index (κ2) is 4.84. The third kappa shape index (κ3) is 2.73. The van der Waals surface area contributed by atoms with Gasteiger partial charge >= 0.3 is 6.18 Å². The van der Waals surface area contributed by atoms with Gasteiger partial charge in [0.25, 0.3) is 0 Å². The minimum absolute atomic E-state index is 0.00684. The molecule has 17 heavy (non-hydrogen) atoms. The van der Waals surface area contributed by atoms with Gasteiger partial charge in [-0.3, -0.25) is 0 Å². The van der Waals surface area contributed by atoms with Gasteiger partial charge in [-0.25, -0.2) is 0 Å². The van der Waals surface area contributed by atoms with Crippen LogP contribution in [0.1, 0.15) is 17.4 Å². The summed E-state index contributed by atoms with van der Waals surface area (Å²) in [7, 11) is 0. The van der Waals surface area contributed by atoms with Gasteiger partial charge in [0.1, 0.15) is 0 Å². The Kier molecular flexibility index (Phi) is 3.61. The van der Waals surface area contributed by atoms with Crippen molar-refractivity contribution >= 4 is 11.6 Å². The van der Waals surface area contributed by atoms with Gasteiger partial charge in [-0.05, 0) is 6.07 Å². The molecule has 1 heterocycles. The van der Waals surface area contributed by atoms with Crippen LogP contribution in [0.2, 0.25) is 0 Å². The van der Waals surface area contributed by atoms with Crippen molar-refractivity contribution in [2.45, 2.75) is 18.6 Å². The van der Waals surface area contributed by atoms with Crippen molar-refractivity contribution in [3.63, 3.8) is 0 Å². The molecule has 0 N–H and O–H groups in total. The maximum absolute atomic E-state index is 12.7. The maximum atomic E-state index is 12.7. The van der Waals surface area contributed by atoms with Crippen molar-refractivity contribution in [1.82, 2.24) is 0 Å². The van der Waals surface area contributed by atoms with E-state index in [-0.39, 0.29) is 24.2 Å². The Hall–Kier alpha value is -0.780. The molecule has 1 aromatic carbocycles. The van der Waals surface area contributed by atoms with E-state index in [1.807, 2.05) is 0 Å². The van der Waals surface area contributed by atoms with Crippen molar-refractivity contribution < 1.29 is 22.6 Å². The SMILES string of the molecule is FC(F)(F)c1ccccc1C1OCC(CCl)O1. The fourth-order valence-corrected chi connectivity index (χ4v) is 1.81. The van der Waals surface area contributed by atoms with Gasteiger partial charge in [-0.15, -0.1) is 11.6 Å². The summed E-state index contributed by atoms with van der Waals surface area (Å²) in [6.45, 7) is 0.209. The van der Waals surface area contributed by atoms with E-state index in [1.165, 1.54) is 18.2 Å². The Morgan fingerprint density at radius 3 is 2.59 bits per heavy atom. The van der Waals surface area contributed by atoms with E-state index in [0.717, 1.165) is 6.07 Å². The van der Waals surface area contributed by atoms with Crippen molar-refractivity contribution in [3.8, 4) is 0 Å². The molecule has 6 heteroatoms. The molecule has 0 aromatic heterocycles. The first-order valence-corrected chi connectivity index (χ1v) is 5.55. The third-order valence-corrected chi connectivity index (χ3v) is 2.79. The maximum Gasteiger partial charge on any atom is 0.416 e. The molecule has 94 valence electrons. The molecule has 0 radical (unpaired) electrons. The first-order chi connectivity index (χ1) is 8.02. The molecule has 1 aromatic rings. The number of alkyl halides is 4. The quantitative estimate of drug-likeness (QED) is 0.764. The van der Waals surface area contributed by atoms with Crippen LogP contribution in [0.4, 0.5) is 13.2 Å². The highest BCUT2D eigenvalue weighted by Gasteiger charge is 2.37. The summed E-state index contributed by atoms with van der Waals surface area (Å²) in [6.07, 6.45) is -5.76. The van der Waals surface area contributed by atoms with E-state index in [1.54, 1.807) is 0 Å². The van der Waals surface area contributed by atoms with Crippen LogP contribution < -0.4 is 0 Å². The molecular weight excluding hydrogens is 257 g/mol. The second-order valence-corrected chi connectivity index (χ2v) is 3.97. The Morgan fingerprint density at radius 1 is 1.29 bits per heavy atom. The Labute approximate surface area is 101 Å². The number of rotatable bonds is 2. The molecule has 0 amide bonds. The largest absolute Gasteiger partial charge is 0.416 e. The predicted octanol–water partition coefficient (Wildman–Crippen LogP) is 3.36. The van der Waals surface area contributed by atoms with Gasteiger partial charge in [0.05, 0.1) is 24.2 Å². The van der Waals surface area contributed by atoms with Crippen molar-refractivity contribution in [2.75, 3.05) is 12.5 Å². The lowest BCUT2D eigenvalue weighted by Crippen LogP contribution is -2.14. The van der Waals surface area contributed by atoms with E-state index < -0.39 is 18.0 Å². The van der Waals surface area contributed by atoms with Crippen molar-refractivity contribution in [2.24, 2.45) is 0 Å². The normalized spacial score (nSPS) is 25.2. The van der Waals surface area contributed by atoms with E-state index in [2.05, 4.69) is 0 Å². The molecule has 2 atom stereocenters. The van der Waals surface area contributed by atoms with Gasteiger partial charge in [-0.2, -0.15) is 13.2 Å². The highest BCUT2D eigenvalue weighted by molar-refractivity contribution is 6.18. The van der Waals surface area contributed by atoms with E-state index >= 15 is 0 Å². The van der Waals surface area contributed by atoms with Crippen LogP contribution in [0.3, 0.4) is 0 Å². The lowest BCUT2D eigenvalue weighted by molar-refractivity contribution is -0.142. The number of hydrogen-bond acceptors (Lipinski definition) is 2. The molecule has 0 aliphatic carbocycles. The number of benzene rings is 1. The fraction of sp³-hybridized carbons (Fsp3) is 0.455. The van der Waals surface area contributed by atoms with Crippen LogP contribution in [0, 0.1) is 0 Å². The molecule has 1 aliphatic rings. The molecule has 2 unspecified atom stereocenters. The van der Waals surface area contributed by atoms with Gasteiger partial charge < -0.3 is 9.47 Å². The zero-order chi connectivity index (χ0) is 12.5. The highest BCUT2D eigenvalue weighted by Crippen LogP contribution is 2.38. The van der Waals surface area contributed by atoms with E-state index in [4.69, 9.17) is 21.1 Å². The van der Waals surface area contributed by atoms with Crippen molar-refractivity contribution in [1.29, 1.82) is 0 Å². The smallest absolute Gasteiger partial charge is 0.346 e. The summed E-state index contributed by atoms with van der Waals surface area (Å²) in [5.41, 5.74) is -0.743. The number of hydrogen-bond donors (Lipinski definition) is 0. The Bertz CT molecular complexity index is 395. The molecule has 2 rings (SSSR count). The van der Waals surface area contributed by atoms with E-state index in [9.17, 15) is 13.2 Å². The average Bonchev–Trinajstić information content (AvgIpc) is 2.76. The zero-order valence-corrected chi connectivity index (χ0v) is 9.46. The molecule has 2 nitrogen and oxygen atoms in total. The fourth-order valence-electron chi connectivity index (χ4n) is 1.65. The van der Waals surface area contributed by atoms with Crippen LogP contribution in [0.5, 0.6) is 0 Å². The molecule has 1 aliphatic heterocycles. The van der Waals surface area contributed by atoms with Crippen LogP contribution in [-0.2, 0) is 15.7 Å². The lowest BCUT2D eigenvalue weighted by Gasteiger charge is -2.16. The molecular formula is C11H10ClF3O2. The van der Waals surface area contributed by atoms with Crippen LogP contribution in [0.15, 0.2) is 24.3 Å². The topological polar surface area (TPSA) is 18.5 Å². The van der Waals surface area contributed by atoms with Gasteiger partial charge in [0, 0.05) is 5.56 Å². The molecule has 0 saturated carbocycles. The first-order valence-electron chi connectivity index (χ1n) is 5.01. The summed E-state index contributed by atoms with van der Waals surface area (Å²) < 4.78 is 48.7. The molecule has 1 saturated heterocycles. The summed E-state index contributed by atoms with van der Waals surface area (Å²) in [6, 6.07) is 5.21. The van der Waals surface area contributed by atoms with Gasteiger partial charge in [0.15, 0.2) is 6.29 Å². The van der Waals surface area contributed by atoms with Crippen molar-refractivity contribution in [3.05, 3.63) is 35.4 Å². The summed E-state index contributed by atoms with van der Waals surface area (Å²) in [4.78, 5) is 0. The highest BCUT2D eigenvalue weighted by atomic mass is 35.5. The standard InChI is InChI=1S/C11H10ClF3O2/c12-5-7-6-16-10(17-7)8-3-1-2-4-9(8)11(13,14)15/h1-4,7,10H,5-6H2. The minimum atomic E-state index is -4.41. The van der Waals surface area contributed by atoms with Gasteiger partial charge in [-0.1, -0.05) is 18.2 Å². The number of halogens is 4. The zero-order valence-electron chi connectivity index (χ0n) is 8.71. The minimum Gasteiger partial charge on any atom is -0.346 e. The summed E-state index contributed by atoms with van der Waals surface area (Å²) >= 11 is 5.56. The summed E-state index contributed by atoms with van der Waals surface area (Å²) in [5.74, 6) is 0.199. The molecule has 0 bridgehead atoms. The van der Waals surface area contributed by atoms with Crippen LogP contribution in [0.25, 0.3) is 0 Å². The number of ether oxygens (including phenoxy) is 2. The third-order valence-electron chi connectivity index (χ3n) is 2.44. The molecule has 1 fully saturated rings. The second-order valence-electron chi connectivity index (χ2n) is 3.66. The average molecular weight is 267 g/mol. The lowest BCUT2D eigenvalue weighted by atomic mass is 10.1. The van der Waals surface area contributed by atoms with Crippen LogP contribution in [-0.4, -0.2) is 18.6 Å². The predicted molar refractivity (Wildman–Crippen MR) is 55.7 cm³/mol. The van der Waals surface area contributed by atoms with Gasteiger partial charge in [0.2, 0.25) is 0 Å². The van der Waals surface area contributed by atoms with E-state index in [0.29, 0.717) is 0 Å². The Morgan fingerprint density at radius 2 is 2.00 bits per heavy atom. The summed E-state index contributed by atoms with van der Waals surface area (Å²) in [5, 5.41) is 0.